The molecular weight excluding hydrogens is 244 g/mol. The first kappa shape index (κ1) is 15.4. The SMILES string of the molecule is CC(=O)CCCCn1nc(C(C)(C)C)cc1C(=O)O. The number of aromatic carboxylic acids is 1. The van der Waals surface area contributed by atoms with Crippen molar-refractivity contribution in [3.05, 3.63) is 17.5 Å². The van der Waals surface area contributed by atoms with Gasteiger partial charge in [0.05, 0.1) is 5.69 Å². The Bertz CT molecular complexity index is 470. The molecule has 1 aromatic rings. The molecule has 5 nitrogen and oxygen atoms in total. The summed E-state index contributed by atoms with van der Waals surface area (Å²) < 4.78 is 1.53. The van der Waals surface area contributed by atoms with Crippen LogP contribution in [0.5, 0.6) is 0 Å². The molecule has 0 bridgehead atoms. The van der Waals surface area contributed by atoms with Crippen molar-refractivity contribution in [3.8, 4) is 0 Å². The monoisotopic (exact) mass is 266 g/mol. The second-order valence-corrected chi connectivity index (χ2v) is 5.85. The number of carbonyl (C=O) groups excluding carboxylic acids is 1. The van der Waals surface area contributed by atoms with Gasteiger partial charge in [0.25, 0.3) is 0 Å². The van der Waals surface area contributed by atoms with E-state index >= 15 is 0 Å². The first-order valence-corrected chi connectivity index (χ1v) is 6.53. The molecule has 1 heterocycles. The average Bonchev–Trinajstić information content (AvgIpc) is 2.67. The summed E-state index contributed by atoms with van der Waals surface area (Å²) >= 11 is 0. The molecule has 0 aliphatic carbocycles. The molecule has 0 radical (unpaired) electrons. The Hall–Kier alpha value is -1.65. The topological polar surface area (TPSA) is 72.2 Å². The maximum Gasteiger partial charge on any atom is 0.354 e. The van der Waals surface area contributed by atoms with Gasteiger partial charge in [-0.15, -0.1) is 0 Å². The van der Waals surface area contributed by atoms with Crippen LogP contribution in [0.25, 0.3) is 0 Å². The molecule has 0 spiro atoms. The summed E-state index contributed by atoms with van der Waals surface area (Å²) in [6.45, 7) is 8.10. The van der Waals surface area contributed by atoms with Crippen molar-refractivity contribution in [2.75, 3.05) is 0 Å². The van der Waals surface area contributed by atoms with Crippen molar-refractivity contribution in [1.29, 1.82) is 0 Å². The summed E-state index contributed by atoms with van der Waals surface area (Å²) in [6, 6.07) is 1.63. The molecule has 0 aliphatic heterocycles. The zero-order valence-corrected chi connectivity index (χ0v) is 12.1. The van der Waals surface area contributed by atoms with Crippen molar-refractivity contribution in [2.45, 2.75) is 58.9 Å². The number of hydrogen-bond acceptors (Lipinski definition) is 3. The van der Waals surface area contributed by atoms with Crippen molar-refractivity contribution in [1.82, 2.24) is 9.78 Å². The minimum atomic E-state index is -0.963. The molecule has 106 valence electrons. The third-order valence-electron chi connectivity index (χ3n) is 2.92. The summed E-state index contributed by atoms with van der Waals surface area (Å²) in [5.41, 5.74) is 0.818. The van der Waals surface area contributed by atoms with Crippen LogP contribution >= 0.6 is 0 Å². The highest BCUT2D eigenvalue weighted by molar-refractivity contribution is 5.85. The molecule has 0 aliphatic rings. The van der Waals surface area contributed by atoms with Gasteiger partial charge in [-0.2, -0.15) is 5.10 Å². The van der Waals surface area contributed by atoms with Gasteiger partial charge in [0, 0.05) is 18.4 Å². The van der Waals surface area contributed by atoms with Crippen LogP contribution in [0, 0.1) is 0 Å². The molecule has 5 heteroatoms. The number of aryl methyl sites for hydroxylation is 1. The van der Waals surface area contributed by atoms with Crippen LogP contribution in [-0.2, 0) is 16.8 Å². The van der Waals surface area contributed by atoms with E-state index in [0.29, 0.717) is 13.0 Å². The third kappa shape index (κ3) is 4.50. The fourth-order valence-corrected chi connectivity index (χ4v) is 1.76. The van der Waals surface area contributed by atoms with E-state index in [-0.39, 0.29) is 16.9 Å². The molecule has 0 fully saturated rings. The van der Waals surface area contributed by atoms with Crippen LogP contribution in [0.2, 0.25) is 0 Å². The van der Waals surface area contributed by atoms with Gasteiger partial charge in [0.1, 0.15) is 11.5 Å². The van der Waals surface area contributed by atoms with Gasteiger partial charge in [-0.1, -0.05) is 20.8 Å². The van der Waals surface area contributed by atoms with Gasteiger partial charge in [-0.25, -0.2) is 4.79 Å². The van der Waals surface area contributed by atoms with E-state index < -0.39 is 5.97 Å². The van der Waals surface area contributed by atoms with E-state index in [1.807, 2.05) is 20.8 Å². The van der Waals surface area contributed by atoms with Gasteiger partial charge in [-0.05, 0) is 25.8 Å². The van der Waals surface area contributed by atoms with E-state index in [1.54, 1.807) is 13.0 Å². The lowest BCUT2D eigenvalue weighted by molar-refractivity contribution is -0.117. The summed E-state index contributed by atoms with van der Waals surface area (Å²) in [6.07, 6.45) is 2.06. The summed E-state index contributed by atoms with van der Waals surface area (Å²) in [5.74, 6) is -0.802. The van der Waals surface area contributed by atoms with Crippen LogP contribution in [0.15, 0.2) is 6.07 Å². The average molecular weight is 266 g/mol. The Kier molecular flexibility index (Phi) is 4.86. The highest BCUT2D eigenvalue weighted by Crippen LogP contribution is 2.22. The molecule has 0 amide bonds. The maximum absolute atomic E-state index is 11.2. The number of hydrogen-bond donors (Lipinski definition) is 1. The van der Waals surface area contributed by atoms with Crippen LogP contribution in [0.1, 0.15) is 63.1 Å². The van der Waals surface area contributed by atoms with Crippen molar-refractivity contribution in [3.63, 3.8) is 0 Å². The predicted octanol–water partition coefficient (Wildman–Crippen LogP) is 2.64. The smallest absolute Gasteiger partial charge is 0.354 e. The van der Waals surface area contributed by atoms with E-state index in [2.05, 4.69) is 5.10 Å². The minimum Gasteiger partial charge on any atom is -0.477 e. The largest absolute Gasteiger partial charge is 0.477 e. The second-order valence-electron chi connectivity index (χ2n) is 5.85. The number of aromatic nitrogens is 2. The lowest BCUT2D eigenvalue weighted by atomic mass is 9.92. The molecule has 1 rings (SSSR count). The molecule has 0 unspecified atom stereocenters. The van der Waals surface area contributed by atoms with Gasteiger partial charge < -0.3 is 9.90 Å². The van der Waals surface area contributed by atoms with E-state index in [4.69, 9.17) is 0 Å². The standard InChI is InChI=1S/C14H22N2O3/c1-10(17)7-5-6-8-16-11(13(18)19)9-12(15-16)14(2,3)4/h9H,5-8H2,1-4H3,(H,18,19). The Morgan fingerprint density at radius 3 is 2.42 bits per heavy atom. The molecule has 1 aromatic heterocycles. The maximum atomic E-state index is 11.2. The molecule has 0 saturated carbocycles. The highest BCUT2D eigenvalue weighted by atomic mass is 16.4. The molecular formula is C14H22N2O3. The number of Topliss-reactive ketones (excluding diaryl/α,β-unsaturated/α-hetero) is 1. The number of rotatable bonds is 6. The van der Waals surface area contributed by atoms with Crippen molar-refractivity contribution >= 4 is 11.8 Å². The predicted molar refractivity (Wildman–Crippen MR) is 72.4 cm³/mol. The molecule has 0 atom stereocenters. The van der Waals surface area contributed by atoms with Gasteiger partial charge in [-0.3, -0.25) is 4.68 Å². The number of nitrogens with zero attached hydrogens (tertiary/aromatic N) is 2. The zero-order valence-electron chi connectivity index (χ0n) is 12.1. The van der Waals surface area contributed by atoms with Crippen molar-refractivity contribution < 1.29 is 14.7 Å². The fraction of sp³-hybridized carbons (Fsp3) is 0.643. The van der Waals surface area contributed by atoms with Crippen LogP contribution in [-0.4, -0.2) is 26.6 Å². The third-order valence-corrected chi connectivity index (χ3v) is 2.92. The summed E-state index contributed by atoms with van der Waals surface area (Å²) in [5, 5.41) is 13.5. The second kappa shape index (κ2) is 5.99. The lowest BCUT2D eigenvalue weighted by Gasteiger charge is -2.14. The van der Waals surface area contributed by atoms with Gasteiger partial charge in [0.15, 0.2) is 0 Å². The first-order valence-electron chi connectivity index (χ1n) is 6.53. The van der Waals surface area contributed by atoms with Crippen LogP contribution in [0.4, 0.5) is 0 Å². The number of ketones is 1. The van der Waals surface area contributed by atoms with E-state index in [0.717, 1.165) is 18.5 Å². The minimum absolute atomic E-state index is 0.161. The molecule has 1 N–H and O–H groups in total. The molecule has 0 aromatic carbocycles. The normalized spacial score (nSPS) is 11.6. The lowest BCUT2D eigenvalue weighted by Crippen LogP contribution is -2.13. The molecule has 0 saturated heterocycles. The van der Waals surface area contributed by atoms with Crippen LogP contribution < -0.4 is 0 Å². The Morgan fingerprint density at radius 1 is 1.32 bits per heavy atom. The molecule has 19 heavy (non-hydrogen) atoms. The number of carbonyl (C=O) groups is 2. The first-order chi connectivity index (χ1) is 8.71. The van der Waals surface area contributed by atoms with E-state index in [1.165, 1.54) is 4.68 Å². The Morgan fingerprint density at radius 2 is 1.95 bits per heavy atom. The van der Waals surface area contributed by atoms with E-state index in [9.17, 15) is 14.7 Å². The number of carboxylic acids is 1. The Labute approximate surface area is 113 Å². The zero-order chi connectivity index (χ0) is 14.6. The summed E-state index contributed by atoms with van der Waals surface area (Å²) in [4.78, 5) is 22.0. The van der Waals surface area contributed by atoms with Gasteiger partial charge in [0.2, 0.25) is 0 Å². The quantitative estimate of drug-likeness (QED) is 0.803. The van der Waals surface area contributed by atoms with Gasteiger partial charge >= 0.3 is 5.97 Å². The van der Waals surface area contributed by atoms with Crippen molar-refractivity contribution in [2.24, 2.45) is 0 Å². The summed E-state index contributed by atoms with van der Waals surface area (Å²) in [7, 11) is 0. The number of unbranched alkanes of at least 4 members (excludes halogenated alkanes) is 1. The fourth-order valence-electron chi connectivity index (χ4n) is 1.76. The Balaban J connectivity index is 2.78. The number of carboxylic acid groups (broad SMARTS) is 1. The van der Waals surface area contributed by atoms with Crippen LogP contribution in [0.3, 0.4) is 0 Å². The highest BCUT2D eigenvalue weighted by Gasteiger charge is 2.22.